The number of thiophene rings is 1. The van der Waals surface area contributed by atoms with Crippen LogP contribution < -0.4 is 0 Å². The van der Waals surface area contributed by atoms with Crippen molar-refractivity contribution in [1.82, 2.24) is 0 Å². The molecule has 0 aliphatic carbocycles. The highest BCUT2D eigenvalue weighted by Crippen LogP contribution is 2.48. The van der Waals surface area contributed by atoms with E-state index in [1.54, 1.807) is 11.3 Å². The van der Waals surface area contributed by atoms with Crippen LogP contribution in [0.1, 0.15) is 0 Å². The van der Waals surface area contributed by atoms with Gasteiger partial charge in [-0.15, -0.1) is 11.3 Å². The van der Waals surface area contributed by atoms with E-state index >= 15 is 0 Å². The van der Waals surface area contributed by atoms with Crippen molar-refractivity contribution in [2.75, 3.05) is 0 Å². The maximum atomic E-state index is 6.88. The van der Waals surface area contributed by atoms with E-state index in [1.807, 2.05) is 0 Å². The van der Waals surface area contributed by atoms with E-state index in [9.17, 15) is 0 Å². The highest BCUT2D eigenvalue weighted by molar-refractivity contribution is 7.13. The van der Waals surface area contributed by atoms with Gasteiger partial charge in [0, 0.05) is 32.3 Å². The quantitative estimate of drug-likeness (QED) is 0.169. The van der Waals surface area contributed by atoms with Gasteiger partial charge in [0.25, 0.3) is 0 Å². The Morgan fingerprint density at radius 3 is 1.38 bits per heavy atom. The lowest BCUT2D eigenvalue weighted by molar-refractivity contribution is 0.670. The second kappa shape index (κ2) is 11.5. The summed E-state index contributed by atoms with van der Waals surface area (Å²) < 4.78 is 6.88. The highest BCUT2D eigenvalue weighted by atomic mass is 32.1. The van der Waals surface area contributed by atoms with Gasteiger partial charge in [-0.2, -0.15) is 0 Å². The van der Waals surface area contributed by atoms with Crippen LogP contribution in [0.2, 0.25) is 0 Å². The molecular weight excluding hydrogens is 649 g/mol. The average Bonchev–Trinajstić information content (AvgIpc) is 3.88. The van der Waals surface area contributed by atoms with Gasteiger partial charge in [0.1, 0.15) is 11.2 Å². The van der Waals surface area contributed by atoms with Gasteiger partial charge in [0.2, 0.25) is 0 Å². The summed E-state index contributed by atoms with van der Waals surface area (Å²) in [4.78, 5) is 1.28. The Bertz CT molecular complexity index is 3050. The van der Waals surface area contributed by atoms with Gasteiger partial charge < -0.3 is 4.42 Å². The second-order valence-corrected chi connectivity index (χ2v) is 14.5. The number of fused-ring (bicyclic) bond motifs is 7. The Balaban J connectivity index is 1.18. The summed E-state index contributed by atoms with van der Waals surface area (Å²) in [6, 6.07) is 63.9. The summed E-state index contributed by atoms with van der Waals surface area (Å²) in [7, 11) is 0. The van der Waals surface area contributed by atoms with Crippen LogP contribution in [-0.2, 0) is 0 Å². The molecule has 0 saturated carbocycles. The van der Waals surface area contributed by atoms with E-state index in [1.165, 1.54) is 81.3 Å². The van der Waals surface area contributed by atoms with Crippen molar-refractivity contribution in [1.29, 1.82) is 0 Å². The molecule has 0 N–H and O–H groups in total. The van der Waals surface area contributed by atoms with Crippen molar-refractivity contribution < 1.29 is 4.42 Å². The Hall–Kier alpha value is -6.48. The van der Waals surface area contributed by atoms with E-state index in [4.69, 9.17) is 4.42 Å². The minimum atomic E-state index is 0.893. The summed E-state index contributed by atoms with van der Waals surface area (Å²) in [5.41, 5.74) is 10.4. The lowest BCUT2D eigenvalue weighted by Crippen LogP contribution is -1.90. The zero-order valence-corrected chi connectivity index (χ0v) is 29.0. The van der Waals surface area contributed by atoms with Crippen molar-refractivity contribution >= 4 is 76.4 Å². The molecule has 0 unspecified atom stereocenters. The molecule has 0 aliphatic rings. The summed E-state index contributed by atoms with van der Waals surface area (Å²) >= 11 is 1.79. The van der Waals surface area contributed by atoms with Crippen molar-refractivity contribution in [3.63, 3.8) is 0 Å². The summed E-state index contributed by atoms with van der Waals surface area (Å²) in [5, 5.41) is 14.4. The molecule has 2 aromatic heterocycles. The normalized spacial score (nSPS) is 11.8. The molecule has 9 aromatic carbocycles. The van der Waals surface area contributed by atoms with Crippen LogP contribution in [0.15, 0.2) is 186 Å². The van der Waals surface area contributed by atoms with Crippen LogP contribution >= 0.6 is 11.3 Å². The maximum Gasteiger partial charge on any atom is 0.143 e. The molecule has 0 amide bonds. The minimum Gasteiger partial charge on any atom is -0.455 e. The Kier molecular flexibility index (Phi) is 6.49. The number of benzene rings is 9. The van der Waals surface area contributed by atoms with Crippen molar-refractivity contribution in [2.45, 2.75) is 0 Å². The molecule has 242 valence electrons. The first-order valence-electron chi connectivity index (χ1n) is 17.8. The van der Waals surface area contributed by atoms with Crippen molar-refractivity contribution in [3.8, 4) is 43.8 Å². The molecule has 11 rings (SSSR count). The van der Waals surface area contributed by atoms with Crippen molar-refractivity contribution in [3.05, 3.63) is 181 Å². The van der Waals surface area contributed by atoms with Crippen LogP contribution in [0, 0.1) is 0 Å². The Morgan fingerprint density at radius 2 is 0.827 bits per heavy atom. The fraction of sp³-hybridized carbons (Fsp3) is 0. The van der Waals surface area contributed by atoms with Gasteiger partial charge in [-0.1, -0.05) is 158 Å². The number of rotatable bonds is 4. The zero-order chi connectivity index (χ0) is 34.2. The molecule has 0 bridgehead atoms. The van der Waals surface area contributed by atoms with Crippen LogP contribution in [-0.4, -0.2) is 0 Å². The molecule has 0 atom stereocenters. The largest absolute Gasteiger partial charge is 0.455 e. The number of hydrogen-bond donors (Lipinski definition) is 0. The van der Waals surface area contributed by atoms with Crippen LogP contribution in [0.5, 0.6) is 0 Å². The standard InChI is InChI=1S/C50H30OS/c1-2-14-31(15-3-1)46-33-16-4-6-18-35(33)47(36-19-7-5-17-34(36)46)32-27-28-44-43(30-32)41-24-12-25-42(50(41)51-44)48-37-20-8-10-22-39(37)49(45-26-13-29-52-45)40-23-11-9-21-38(40)48/h1-30H. The van der Waals surface area contributed by atoms with E-state index in [0.717, 1.165) is 27.5 Å². The first-order valence-corrected chi connectivity index (χ1v) is 18.6. The lowest BCUT2D eigenvalue weighted by atomic mass is 9.85. The number of hydrogen-bond acceptors (Lipinski definition) is 2. The molecule has 0 radical (unpaired) electrons. The predicted octanol–water partition coefficient (Wildman–Crippen LogP) is 14.9. The summed E-state index contributed by atoms with van der Waals surface area (Å²) in [6.07, 6.45) is 0. The van der Waals surface area contributed by atoms with Crippen LogP contribution in [0.3, 0.4) is 0 Å². The SMILES string of the molecule is c1ccc(-c2c3ccccc3c(-c3ccc4oc5c(-c6c7ccccc7c(-c7cccs7)c7ccccc67)cccc5c4c3)c3ccccc23)cc1. The molecular formula is C50H30OS. The molecule has 0 aliphatic heterocycles. The summed E-state index contributed by atoms with van der Waals surface area (Å²) in [5.74, 6) is 0. The van der Waals surface area contributed by atoms with Gasteiger partial charge in [-0.25, -0.2) is 0 Å². The second-order valence-electron chi connectivity index (χ2n) is 13.5. The highest BCUT2D eigenvalue weighted by Gasteiger charge is 2.22. The lowest BCUT2D eigenvalue weighted by Gasteiger charge is -2.17. The minimum absolute atomic E-state index is 0.893. The molecule has 2 heteroatoms. The fourth-order valence-corrected chi connectivity index (χ4v) is 9.41. The molecule has 52 heavy (non-hydrogen) atoms. The first kappa shape index (κ1) is 29.3. The van der Waals surface area contributed by atoms with E-state index in [2.05, 4.69) is 181 Å². The van der Waals surface area contributed by atoms with E-state index in [-0.39, 0.29) is 0 Å². The number of furan rings is 1. The fourth-order valence-electron chi connectivity index (χ4n) is 8.61. The van der Waals surface area contributed by atoms with Gasteiger partial charge >= 0.3 is 0 Å². The zero-order valence-electron chi connectivity index (χ0n) is 28.1. The Morgan fingerprint density at radius 1 is 0.327 bits per heavy atom. The predicted molar refractivity (Wildman–Crippen MR) is 223 cm³/mol. The summed E-state index contributed by atoms with van der Waals surface area (Å²) in [6.45, 7) is 0. The molecule has 0 fully saturated rings. The van der Waals surface area contributed by atoms with E-state index < -0.39 is 0 Å². The molecule has 0 saturated heterocycles. The maximum absolute atomic E-state index is 6.88. The van der Waals surface area contributed by atoms with Gasteiger partial charge in [-0.3, -0.25) is 0 Å². The van der Waals surface area contributed by atoms with Crippen LogP contribution in [0.4, 0.5) is 0 Å². The molecule has 1 nitrogen and oxygen atoms in total. The average molecular weight is 679 g/mol. The van der Waals surface area contributed by atoms with E-state index in [0.29, 0.717) is 0 Å². The van der Waals surface area contributed by atoms with Crippen LogP contribution in [0.25, 0.3) is 109 Å². The van der Waals surface area contributed by atoms with Gasteiger partial charge in [0.15, 0.2) is 0 Å². The third-order valence-electron chi connectivity index (χ3n) is 10.7. The topological polar surface area (TPSA) is 13.1 Å². The molecule has 0 spiro atoms. The van der Waals surface area contributed by atoms with Gasteiger partial charge in [0.05, 0.1) is 0 Å². The molecule has 11 aromatic rings. The number of para-hydroxylation sites is 1. The first-order chi connectivity index (χ1) is 25.8. The Labute approximate surface area is 304 Å². The smallest absolute Gasteiger partial charge is 0.143 e. The monoisotopic (exact) mass is 678 g/mol. The van der Waals surface area contributed by atoms with Crippen molar-refractivity contribution in [2.24, 2.45) is 0 Å². The third kappa shape index (κ3) is 4.28. The third-order valence-corrected chi connectivity index (χ3v) is 11.6. The molecule has 2 heterocycles. The van der Waals surface area contributed by atoms with Gasteiger partial charge in [-0.05, 0) is 88.9 Å².